The molecule has 0 saturated carbocycles. The van der Waals surface area contributed by atoms with Crippen molar-refractivity contribution in [2.24, 2.45) is 5.41 Å². The van der Waals surface area contributed by atoms with Crippen LogP contribution < -0.4 is 0 Å². The molecule has 0 heterocycles. The summed E-state index contributed by atoms with van der Waals surface area (Å²) < 4.78 is 0. The zero-order valence-electron chi connectivity index (χ0n) is 14.2. The monoisotopic (exact) mass is 286 g/mol. The van der Waals surface area contributed by atoms with E-state index in [9.17, 15) is 0 Å². The highest BCUT2D eigenvalue weighted by molar-refractivity contribution is 5.37. The van der Waals surface area contributed by atoms with Crippen LogP contribution in [0.5, 0.6) is 0 Å². The fraction of sp³-hybridized carbons (Fsp3) is 0.500. The maximum absolute atomic E-state index is 8.81. The van der Waals surface area contributed by atoms with Crippen LogP contribution in [0.3, 0.4) is 0 Å². The van der Waals surface area contributed by atoms with E-state index in [1.165, 1.54) is 36.0 Å². The lowest BCUT2D eigenvalue weighted by Crippen LogP contribution is -2.19. The fourth-order valence-electron chi connectivity index (χ4n) is 2.84. The minimum absolute atomic E-state index is 0.0985. The van der Waals surface area contributed by atoms with Gasteiger partial charge in [-0.05, 0) is 51.0 Å². The van der Waals surface area contributed by atoms with Gasteiger partial charge in [-0.25, -0.2) is 0 Å². The Kier molecular flexibility index (Phi) is 6.91. The van der Waals surface area contributed by atoms with Crippen LogP contribution in [0, 0.1) is 5.41 Å². The third kappa shape index (κ3) is 5.89. The van der Waals surface area contributed by atoms with Gasteiger partial charge in [0.2, 0.25) is 0 Å². The van der Waals surface area contributed by atoms with E-state index in [0.29, 0.717) is 5.41 Å². The van der Waals surface area contributed by atoms with Crippen LogP contribution in [0.2, 0.25) is 0 Å². The lowest BCUT2D eigenvalue weighted by molar-refractivity contribution is 0.342. The number of allylic oxidation sites excluding steroid dienone is 9. The summed E-state index contributed by atoms with van der Waals surface area (Å²) >= 11 is 0. The fourth-order valence-corrected chi connectivity index (χ4v) is 2.84. The number of aliphatic hydroxyl groups is 1. The van der Waals surface area contributed by atoms with Crippen LogP contribution >= 0.6 is 0 Å². The van der Waals surface area contributed by atoms with E-state index in [-0.39, 0.29) is 6.61 Å². The molecule has 0 fully saturated rings. The van der Waals surface area contributed by atoms with Crippen molar-refractivity contribution < 1.29 is 5.11 Å². The van der Waals surface area contributed by atoms with E-state index >= 15 is 0 Å². The molecular weight excluding hydrogens is 256 g/mol. The highest BCUT2D eigenvalue weighted by Gasteiger charge is 2.26. The van der Waals surface area contributed by atoms with Crippen LogP contribution in [0.4, 0.5) is 0 Å². The standard InChI is InChI=1S/C20H30O/c1-16(8-6-9-17(2)13-15-21)11-12-19-18(3)10-7-14-20(19,4)5/h6,8-9,11-13,21H,7,10,14-15H2,1-5H3/b9-6+,12-11-,16-8+,17-13+. The lowest BCUT2D eigenvalue weighted by Gasteiger charge is -2.32. The largest absolute Gasteiger partial charge is 0.392 e. The van der Waals surface area contributed by atoms with Crippen molar-refractivity contribution in [2.45, 2.75) is 53.9 Å². The maximum Gasteiger partial charge on any atom is 0.0617 e. The molecule has 0 unspecified atom stereocenters. The summed E-state index contributed by atoms with van der Waals surface area (Å²) in [5, 5.41) is 8.81. The quantitative estimate of drug-likeness (QED) is 0.661. The highest BCUT2D eigenvalue weighted by Crippen LogP contribution is 2.40. The number of hydrogen-bond acceptors (Lipinski definition) is 1. The zero-order valence-corrected chi connectivity index (χ0v) is 14.2. The van der Waals surface area contributed by atoms with Crippen molar-refractivity contribution >= 4 is 0 Å². The Morgan fingerprint density at radius 2 is 1.90 bits per heavy atom. The summed E-state index contributed by atoms with van der Waals surface area (Å²) in [6.07, 6.45) is 16.3. The first-order valence-corrected chi connectivity index (χ1v) is 7.87. The second-order valence-electron chi connectivity index (χ2n) is 6.67. The Bertz CT molecular complexity index is 496. The van der Waals surface area contributed by atoms with Crippen molar-refractivity contribution in [2.75, 3.05) is 6.61 Å². The normalized spacial score (nSPS) is 20.9. The summed E-state index contributed by atoms with van der Waals surface area (Å²) in [6.45, 7) is 11.2. The van der Waals surface area contributed by atoms with Gasteiger partial charge in [-0.15, -0.1) is 0 Å². The van der Waals surface area contributed by atoms with Crippen LogP contribution in [-0.4, -0.2) is 11.7 Å². The molecule has 0 aliphatic heterocycles. The van der Waals surface area contributed by atoms with Crippen molar-refractivity contribution in [3.63, 3.8) is 0 Å². The predicted octanol–water partition coefficient (Wildman–Crippen LogP) is 5.51. The van der Waals surface area contributed by atoms with Gasteiger partial charge in [0.05, 0.1) is 6.61 Å². The van der Waals surface area contributed by atoms with Gasteiger partial charge in [0, 0.05) is 0 Å². The molecule has 0 aromatic heterocycles. The third-order valence-corrected chi connectivity index (χ3v) is 4.19. The van der Waals surface area contributed by atoms with E-state index in [2.05, 4.69) is 45.9 Å². The van der Waals surface area contributed by atoms with Gasteiger partial charge in [-0.1, -0.05) is 67.0 Å². The maximum atomic E-state index is 8.81. The minimum Gasteiger partial charge on any atom is -0.392 e. The first-order valence-electron chi connectivity index (χ1n) is 7.87. The first-order chi connectivity index (χ1) is 9.86. The molecule has 0 spiro atoms. The molecule has 116 valence electrons. The van der Waals surface area contributed by atoms with Crippen LogP contribution in [0.15, 0.2) is 58.7 Å². The predicted molar refractivity (Wildman–Crippen MR) is 93.2 cm³/mol. The Morgan fingerprint density at radius 1 is 1.19 bits per heavy atom. The van der Waals surface area contributed by atoms with Crippen molar-refractivity contribution in [1.82, 2.24) is 0 Å². The molecule has 0 aromatic carbocycles. The summed E-state index contributed by atoms with van der Waals surface area (Å²) in [4.78, 5) is 0. The molecule has 0 atom stereocenters. The van der Waals surface area contributed by atoms with Crippen molar-refractivity contribution in [1.29, 1.82) is 0 Å². The molecule has 0 saturated heterocycles. The molecule has 1 N–H and O–H groups in total. The van der Waals surface area contributed by atoms with Gasteiger partial charge in [0.1, 0.15) is 0 Å². The average Bonchev–Trinajstić information content (AvgIpc) is 2.37. The van der Waals surface area contributed by atoms with Gasteiger partial charge >= 0.3 is 0 Å². The molecule has 0 aromatic rings. The Balaban J connectivity index is 2.78. The molecule has 0 amide bonds. The minimum atomic E-state index is 0.0985. The van der Waals surface area contributed by atoms with E-state index in [1.54, 1.807) is 6.08 Å². The molecule has 1 heteroatoms. The number of aliphatic hydroxyl groups excluding tert-OH is 1. The molecule has 1 rings (SSSR count). The van der Waals surface area contributed by atoms with Gasteiger partial charge < -0.3 is 5.11 Å². The topological polar surface area (TPSA) is 20.2 Å². The first kappa shape index (κ1) is 17.7. The van der Waals surface area contributed by atoms with Crippen LogP contribution in [0.25, 0.3) is 0 Å². The smallest absolute Gasteiger partial charge is 0.0617 e. The second kappa shape index (κ2) is 8.19. The lowest BCUT2D eigenvalue weighted by atomic mass is 9.72. The van der Waals surface area contributed by atoms with E-state index in [0.717, 1.165) is 5.57 Å². The van der Waals surface area contributed by atoms with E-state index in [1.807, 2.05) is 19.1 Å². The average molecular weight is 286 g/mol. The van der Waals surface area contributed by atoms with Gasteiger partial charge in [-0.3, -0.25) is 0 Å². The number of rotatable bonds is 5. The third-order valence-electron chi connectivity index (χ3n) is 4.19. The van der Waals surface area contributed by atoms with Crippen molar-refractivity contribution in [3.05, 3.63) is 58.7 Å². The van der Waals surface area contributed by atoms with Gasteiger partial charge in [0.15, 0.2) is 0 Å². The van der Waals surface area contributed by atoms with Crippen molar-refractivity contribution in [3.8, 4) is 0 Å². The molecule has 0 radical (unpaired) electrons. The van der Waals surface area contributed by atoms with Gasteiger partial charge in [0.25, 0.3) is 0 Å². The van der Waals surface area contributed by atoms with E-state index in [4.69, 9.17) is 5.11 Å². The molecule has 1 nitrogen and oxygen atoms in total. The molecule has 0 bridgehead atoms. The Hall–Kier alpha value is -1.34. The zero-order chi connectivity index (χ0) is 15.9. The summed E-state index contributed by atoms with van der Waals surface area (Å²) in [6, 6.07) is 0. The molecule has 1 aliphatic carbocycles. The molecule has 21 heavy (non-hydrogen) atoms. The van der Waals surface area contributed by atoms with Gasteiger partial charge in [-0.2, -0.15) is 0 Å². The molecule has 1 aliphatic rings. The van der Waals surface area contributed by atoms with Crippen LogP contribution in [-0.2, 0) is 0 Å². The Labute approximate surface area is 130 Å². The summed E-state index contributed by atoms with van der Waals surface area (Å²) in [7, 11) is 0. The summed E-state index contributed by atoms with van der Waals surface area (Å²) in [5.74, 6) is 0. The highest BCUT2D eigenvalue weighted by atomic mass is 16.2. The number of hydrogen-bond donors (Lipinski definition) is 1. The SMILES string of the molecule is CC1=C(\C=C/C(C)=C/C=C/C(C)=C/CO)C(C)(C)CCC1. The second-order valence-corrected chi connectivity index (χ2v) is 6.67. The Morgan fingerprint density at radius 3 is 2.52 bits per heavy atom. The van der Waals surface area contributed by atoms with Crippen LogP contribution in [0.1, 0.15) is 53.9 Å². The summed E-state index contributed by atoms with van der Waals surface area (Å²) in [5.41, 5.74) is 5.66. The molecular formula is C20H30O. The van der Waals surface area contributed by atoms with E-state index < -0.39 is 0 Å².